The number of ether oxygens (including phenoxy) is 1. The topological polar surface area (TPSA) is 122 Å². The summed E-state index contributed by atoms with van der Waals surface area (Å²) in [7, 11) is -4.05. The second-order valence-corrected chi connectivity index (χ2v) is 10.8. The number of carbonyl (C=O) groups excluding carboxylic acids is 3. The molecule has 192 valence electrons. The summed E-state index contributed by atoms with van der Waals surface area (Å²) in [6.07, 6.45) is 2.16. The van der Waals surface area contributed by atoms with Crippen LogP contribution in [0.5, 0.6) is 0 Å². The van der Waals surface area contributed by atoms with Crippen LogP contribution >= 0.6 is 0 Å². The summed E-state index contributed by atoms with van der Waals surface area (Å²) in [6, 6.07) is 12.7. The smallest absolute Gasteiger partial charge is 0.310 e. The maximum atomic E-state index is 13.6. The fourth-order valence-electron chi connectivity index (χ4n) is 4.66. The number of nitrogens with zero attached hydrogens (tertiary/aromatic N) is 1. The molecule has 2 unspecified atom stereocenters. The normalized spacial score (nSPS) is 18.6. The predicted octanol–water partition coefficient (Wildman–Crippen LogP) is 2.26. The average Bonchev–Trinajstić information content (AvgIpc) is 2.88. The maximum absolute atomic E-state index is 13.6. The van der Waals surface area contributed by atoms with E-state index in [9.17, 15) is 22.8 Å². The molecule has 9 nitrogen and oxygen atoms in total. The number of esters is 1. The lowest BCUT2D eigenvalue weighted by Crippen LogP contribution is -2.53. The van der Waals surface area contributed by atoms with E-state index in [4.69, 9.17) is 4.74 Å². The molecule has 36 heavy (non-hydrogen) atoms. The molecular weight excluding hydrogens is 482 g/mol. The van der Waals surface area contributed by atoms with Gasteiger partial charge in [0.05, 0.1) is 17.4 Å². The molecule has 0 bridgehead atoms. The summed E-state index contributed by atoms with van der Waals surface area (Å²) < 4.78 is 34.5. The third kappa shape index (κ3) is 6.11. The number of benzene rings is 2. The Morgan fingerprint density at radius 1 is 1.17 bits per heavy atom. The standard InChI is InChI=1S/C26H31N3O6S/c1-2-35-26(32)20-9-6-14-29(17-20)25(31)23(15-18-7-4-3-5-8-18)28-36(33,34)21-11-12-22-19(16-21)10-13-24(30)27-22/h3-5,7-8,11-12,16,20,23,28H,2,6,9-10,13-15,17H2,1H3,(H,27,30). The van der Waals surface area contributed by atoms with E-state index in [2.05, 4.69) is 10.0 Å². The SMILES string of the molecule is CCOC(=O)C1CCCN(C(=O)C(Cc2ccccc2)NS(=O)(=O)c2ccc3c(c2)CCC(=O)N3)C1. The molecule has 2 aliphatic heterocycles. The minimum atomic E-state index is -4.05. The summed E-state index contributed by atoms with van der Waals surface area (Å²) in [5.41, 5.74) is 2.14. The second-order valence-electron chi connectivity index (χ2n) is 9.11. The molecule has 0 aliphatic carbocycles. The predicted molar refractivity (Wildman–Crippen MR) is 134 cm³/mol. The molecule has 2 aliphatic rings. The highest BCUT2D eigenvalue weighted by molar-refractivity contribution is 7.89. The molecule has 4 rings (SSSR count). The molecule has 2 aromatic rings. The van der Waals surface area contributed by atoms with Gasteiger partial charge in [-0.1, -0.05) is 30.3 Å². The first kappa shape index (κ1) is 25.8. The quantitative estimate of drug-likeness (QED) is 0.522. The van der Waals surface area contributed by atoms with Gasteiger partial charge in [0.25, 0.3) is 0 Å². The van der Waals surface area contributed by atoms with Crippen LogP contribution in [0.15, 0.2) is 53.4 Å². The van der Waals surface area contributed by atoms with Gasteiger partial charge >= 0.3 is 5.97 Å². The lowest BCUT2D eigenvalue weighted by molar-refractivity contribution is -0.151. The Kier molecular flexibility index (Phi) is 8.05. The Morgan fingerprint density at radius 2 is 1.94 bits per heavy atom. The first-order chi connectivity index (χ1) is 17.3. The fraction of sp³-hybridized carbons (Fsp3) is 0.423. The van der Waals surface area contributed by atoms with E-state index in [-0.39, 0.29) is 48.7 Å². The highest BCUT2D eigenvalue weighted by Gasteiger charge is 2.35. The molecule has 1 fully saturated rings. The van der Waals surface area contributed by atoms with Gasteiger partial charge in [0.2, 0.25) is 21.8 Å². The van der Waals surface area contributed by atoms with Crippen molar-refractivity contribution in [1.82, 2.24) is 9.62 Å². The van der Waals surface area contributed by atoms with Crippen molar-refractivity contribution in [1.29, 1.82) is 0 Å². The van der Waals surface area contributed by atoms with E-state index in [0.29, 0.717) is 31.5 Å². The molecule has 0 radical (unpaired) electrons. The Bertz CT molecular complexity index is 1230. The average molecular weight is 514 g/mol. The number of likely N-dealkylation sites (tertiary alicyclic amines) is 1. The molecule has 0 aromatic heterocycles. The molecule has 2 aromatic carbocycles. The first-order valence-electron chi connectivity index (χ1n) is 12.2. The summed E-state index contributed by atoms with van der Waals surface area (Å²) in [6.45, 7) is 2.65. The summed E-state index contributed by atoms with van der Waals surface area (Å²) in [5.74, 6) is -1.24. The van der Waals surface area contributed by atoms with Gasteiger partial charge in [-0.2, -0.15) is 4.72 Å². The number of aryl methyl sites for hydroxylation is 1. The molecule has 2 atom stereocenters. The van der Waals surface area contributed by atoms with Crippen molar-refractivity contribution in [2.75, 3.05) is 25.0 Å². The Labute approximate surface area is 211 Å². The van der Waals surface area contributed by atoms with E-state index in [1.807, 2.05) is 30.3 Å². The van der Waals surface area contributed by atoms with Crippen LogP contribution in [0.25, 0.3) is 0 Å². The number of rotatable bonds is 8. The number of nitrogens with one attached hydrogen (secondary N) is 2. The largest absolute Gasteiger partial charge is 0.466 e. The Hall–Kier alpha value is -3.24. The van der Waals surface area contributed by atoms with Crippen LogP contribution in [0.3, 0.4) is 0 Å². The fourth-order valence-corrected chi connectivity index (χ4v) is 5.90. The number of fused-ring (bicyclic) bond motifs is 1. The highest BCUT2D eigenvalue weighted by atomic mass is 32.2. The van der Waals surface area contributed by atoms with Crippen molar-refractivity contribution in [3.63, 3.8) is 0 Å². The molecule has 0 spiro atoms. The summed E-state index contributed by atoms with van der Waals surface area (Å²) >= 11 is 0. The zero-order valence-corrected chi connectivity index (χ0v) is 21.1. The first-order valence-corrected chi connectivity index (χ1v) is 13.7. The van der Waals surface area contributed by atoms with Gasteiger partial charge < -0.3 is 15.0 Å². The zero-order valence-electron chi connectivity index (χ0n) is 20.2. The number of hydrogen-bond donors (Lipinski definition) is 2. The maximum Gasteiger partial charge on any atom is 0.310 e. The van der Waals surface area contributed by atoms with E-state index < -0.39 is 22.0 Å². The summed E-state index contributed by atoms with van der Waals surface area (Å²) in [4.78, 5) is 39.1. The van der Waals surface area contributed by atoms with Crippen molar-refractivity contribution in [3.05, 3.63) is 59.7 Å². The molecule has 0 saturated carbocycles. The van der Waals surface area contributed by atoms with Crippen LogP contribution in [0.4, 0.5) is 5.69 Å². The molecule has 10 heteroatoms. The van der Waals surface area contributed by atoms with Gasteiger partial charge in [-0.05, 0) is 61.9 Å². The van der Waals surface area contributed by atoms with Crippen molar-refractivity contribution in [2.45, 2.75) is 50.0 Å². The third-order valence-corrected chi connectivity index (χ3v) is 7.98. The van der Waals surface area contributed by atoms with Gasteiger partial charge in [0.15, 0.2) is 0 Å². The molecule has 2 heterocycles. The van der Waals surface area contributed by atoms with E-state index in [1.165, 1.54) is 6.07 Å². The van der Waals surface area contributed by atoms with Crippen LogP contribution in [0.2, 0.25) is 0 Å². The van der Waals surface area contributed by atoms with Crippen LogP contribution in [0, 0.1) is 5.92 Å². The van der Waals surface area contributed by atoms with Gasteiger partial charge in [0, 0.05) is 25.2 Å². The number of piperidine rings is 1. The van der Waals surface area contributed by atoms with Crippen LogP contribution in [-0.2, 0) is 42.0 Å². The minimum absolute atomic E-state index is 0.0336. The van der Waals surface area contributed by atoms with Crippen molar-refractivity contribution >= 4 is 33.5 Å². The second kappa shape index (κ2) is 11.2. The van der Waals surface area contributed by atoms with Gasteiger partial charge in [-0.3, -0.25) is 14.4 Å². The number of anilines is 1. The van der Waals surface area contributed by atoms with Crippen molar-refractivity contribution < 1.29 is 27.5 Å². The molecule has 1 saturated heterocycles. The van der Waals surface area contributed by atoms with E-state index >= 15 is 0 Å². The van der Waals surface area contributed by atoms with Crippen LogP contribution in [0.1, 0.15) is 37.3 Å². The number of amides is 2. The number of sulfonamides is 1. The van der Waals surface area contributed by atoms with Crippen LogP contribution < -0.4 is 10.0 Å². The zero-order chi connectivity index (χ0) is 25.7. The Balaban J connectivity index is 1.57. The van der Waals surface area contributed by atoms with Crippen molar-refractivity contribution in [3.8, 4) is 0 Å². The number of hydrogen-bond acceptors (Lipinski definition) is 6. The highest BCUT2D eigenvalue weighted by Crippen LogP contribution is 2.26. The molecule has 2 amide bonds. The minimum Gasteiger partial charge on any atom is -0.466 e. The molecular formula is C26H31N3O6S. The van der Waals surface area contributed by atoms with Gasteiger partial charge in [-0.15, -0.1) is 0 Å². The van der Waals surface area contributed by atoms with E-state index in [1.54, 1.807) is 24.0 Å². The van der Waals surface area contributed by atoms with Crippen molar-refractivity contribution in [2.24, 2.45) is 5.92 Å². The lowest BCUT2D eigenvalue weighted by atomic mass is 9.97. The monoisotopic (exact) mass is 513 g/mol. The van der Waals surface area contributed by atoms with Crippen LogP contribution in [-0.4, -0.2) is 56.8 Å². The van der Waals surface area contributed by atoms with Gasteiger partial charge in [-0.25, -0.2) is 8.42 Å². The van der Waals surface area contributed by atoms with Gasteiger partial charge in [0.1, 0.15) is 6.04 Å². The van der Waals surface area contributed by atoms with E-state index in [0.717, 1.165) is 11.1 Å². The number of carbonyl (C=O) groups is 3. The summed E-state index contributed by atoms with van der Waals surface area (Å²) in [5, 5.41) is 2.74. The lowest BCUT2D eigenvalue weighted by Gasteiger charge is -2.34. The molecule has 2 N–H and O–H groups in total. The third-order valence-electron chi connectivity index (χ3n) is 6.51. The Morgan fingerprint density at radius 3 is 2.69 bits per heavy atom.